The number of hydrogen-bond donors (Lipinski definition) is 14. The molecule has 0 aromatic carbocycles. The Bertz CT molecular complexity index is 5110. The Kier molecular flexibility index (Phi) is 21.8. The van der Waals surface area contributed by atoms with Gasteiger partial charge in [0.05, 0.1) is 51.8 Å². The lowest BCUT2D eigenvalue weighted by Gasteiger charge is -2.25. The number of nitrogen functional groups attached to an aromatic ring is 3. The number of nitrogens with two attached hydrogens (primary N) is 3. The van der Waals surface area contributed by atoms with Gasteiger partial charge < -0.3 is 75.4 Å². The highest BCUT2D eigenvalue weighted by atomic mass is 31.2. The third-order valence-electron chi connectivity index (χ3n) is 16.6. The highest BCUT2D eigenvalue weighted by Crippen LogP contribution is 2.55. The fourth-order valence-corrected chi connectivity index (χ4v) is 15.9. The van der Waals surface area contributed by atoms with Crippen LogP contribution in [0.25, 0.3) is 22.3 Å². The van der Waals surface area contributed by atoms with Crippen LogP contribution >= 0.6 is 39.1 Å². The maximum atomic E-state index is 14.2. The van der Waals surface area contributed by atoms with Gasteiger partial charge in [0, 0.05) is 61.8 Å². The number of aliphatic hydroxyl groups is 1. The van der Waals surface area contributed by atoms with Crippen LogP contribution < -0.4 is 56.5 Å². The van der Waals surface area contributed by atoms with Crippen molar-refractivity contribution in [2.75, 3.05) is 50.2 Å². The Balaban J connectivity index is 0.747. The normalized spacial score (nSPS) is 29.0. The molecule has 19 atom stereocenters. The number of aryl methyl sites for hydroxylation is 2. The average Bonchev–Trinajstić information content (AvgIpc) is 1.63. The standard InChI is InChI=1S/C49H64N17O33P5/c1-19-10-63(48(73)60-41(19)68)32-5-21(67)26(91-32)12-87-101(78,79)97-23-7-34(64-11-20(2)42(69)61-49(64)74)93-29(23)15-89-104(84,85)99-25-9-36(66-18-54-38-40(66)57-46(52)59-44(38)71)95-30(25)16-90-102(80,81)96-22-6-33(62-4-3-31(50)55-47(62)72)92-28(22)14-88-103(82,83)98-24-8-35(94-27(24)13-86-100(75,76)77)65-17-53-37-39(65)56-45(51)58-43(37)70/h3-4,10-11,17-18,21-30,32-36,67H,5-9,12-16H2,1-2H3,(H,78,79)(H,80,81)(H,82,83)(H,84,85)(H2,50,55,72)(H,60,68,73)(H,61,69,74)(H2,75,76,77)(H3,51,56,58,70)(H3,52,57,59,71)/t21-,22-,23-,24-,25-,26+,27+,28+,29+,30+,32+,33+,34+,35+,36+/m0/s1. The number of aromatic amines is 4. The minimum Gasteiger partial charge on any atom is -0.390 e. The summed E-state index contributed by atoms with van der Waals surface area (Å²) < 4.78 is 151. The molecule has 7 aromatic rings. The van der Waals surface area contributed by atoms with Crippen LogP contribution in [0.3, 0.4) is 0 Å². The zero-order valence-electron chi connectivity index (χ0n) is 53.4. The van der Waals surface area contributed by atoms with E-state index in [0.29, 0.717) is 0 Å². The van der Waals surface area contributed by atoms with E-state index in [1.54, 1.807) is 0 Å². The van der Waals surface area contributed by atoms with Gasteiger partial charge in [-0.1, -0.05) is 0 Å². The van der Waals surface area contributed by atoms with Crippen LogP contribution in [0.4, 0.5) is 17.7 Å². The van der Waals surface area contributed by atoms with E-state index in [2.05, 4.69) is 49.4 Å². The zero-order valence-corrected chi connectivity index (χ0v) is 57.9. The van der Waals surface area contributed by atoms with Crippen molar-refractivity contribution in [1.82, 2.24) is 67.7 Å². The molecule has 12 heterocycles. The van der Waals surface area contributed by atoms with Crippen LogP contribution in [-0.2, 0) is 87.2 Å². The van der Waals surface area contributed by atoms with E-state index in [9.17, 15) is 90.9 Å². The molecule has 7 aromatic heterocycles. The van der Waals surface area contributed by atoms with Crippen LogP contribution in [0.1, 0.15) is 74.4 Å². The number of anilines is 3. The number of aromatic nitrogens is 14. The summed E-state index contributed by atoms with van der Waals surface area (Å²) in [6.45, 7) is -2.39. The van der Waals surface area contributed by atoms with E-state index >= 15 is 0 Å². The van der Waals surface area contributed by atoms with Gasteiger partial charge >= 0.3 is 56.2 Å². The maximum absolute atomic E-state index is 14.2. The Morgan fingerprint density at radius 2 is 0.798 bits per heavy atom. The number of aliphatic hydroxyl groups excluding tert-OH is 1. The van der Waals surface area contributed by atoms with E-state index in [4.69, 9.17) is 77.1 Å². The third-order valence-corrected chi connectivity index (χ3v) is 21.1. The van der Waals surface area contributed by atoms with Crippen LogP contribution in [-0.4, -0.2) is 196 Å². The van der Waals surface area contributed by atoms with Crippen molar-refractivity contribution in [3.05, 3.63) is 121 Å². The lowest BCUT2D eigenvalue weighted by atomic mass is 10.2. The second kappa shape index (κ2) is 29.8. The predicted molar refractivity (Wildman–Crippen MR) is 339 cm³/mol. The number of fused-ring (bicyclic) bond motifs is 2. The van der Waals surface area contributed by atoms with Crippen molar-refractivity contribution in [3.63, 3.8) is 0 Å². The average molecular weight is 1570 g/mol. The molecule has 0 bridgehead atoms. The van der Waals surface area contributed by atoms with Gasteiger partial charge in [0.2, 0.25) is 11.9 Å². The molecule has 55 heteroatoms. The Labute approximate surface area is 576 Å². The van der Waals surface area contributed by atoms with E-state index in [1.807, 2.05) is 0 Å². The number of phosphoric acid groups is 5. The van der Waals surface area contributed by atoms with Crippen LogP contribution in [0.15, 0.2) is 70.9 Å². The van der Waals surface area contributed by atoms with Crippen molar-refractivity contribution >= 4 is 79.2 Å². The lowest BCUT2D eigenvalue weighted by molar-refractivity contribution is -0.0643. The number of nitrogens with zero attached hydrogens (tertiary/aromatic N) is 10. The Morgan fingerprint density at radius 1 is 0.462 bits per heavy atom. The van der Waals surface area contributed by atoms with Crippen molar-refractivity contribution in [2.24, 2.45) is 0 Å². The third kappa shape index (κ3) is 17.5. The monoisotopic (exact) mass is 1570 g/mol. The summed E-state index contributed by atoms with van der Waals surface area (Å²) in [5.74, 6) is -0.967. The molecule has 12 rings (SSSR count). The van der Waals surface area contributed by atoms with Gasteiger partial charge in [0.15, 0.2) is 22.3 Å². The summed E-state index contributed by atoms with van der Waals surface area (Å²) in [4.78, 5) is 181. The van der Waals surface area contributed by atoms with Crippen LogP contribution in [0.5, 0.6) is 0 Å². The van der Waals surface area contributed by atoms with Gasteiger partial charge in [-0.3, -0.25) is 103 Å². The molecule has 104 heavy (non-hydrogen) atoms. The molecule has 5 saturated heterocycles. The fourth-order valence-electron chi connectivity index (χ4n) is 11.8. The molecule has 5 aliphatic heterocycles. The number of nitrogens with one attached hydrogen (secondary N) is 4. The number of rotatable bonds is 28. The molecule has 0 radical (unpaired) electrons. The van der Waals surface area contributed by atoms with Gasteiger partial charge in [0.25, 0.3) is 22.2 Å². The van der Waals surface area contributed by atoms with Gasteiger partial charge in [-0.15, -0.1) is 0 Å². The van der Waals surface area contributed by atoms with E-state index in [0.717, 1.165) is 43.3 Å². The van der Waals surface area contributed by atoms with Gasteiger partial charge in [-0.05, 0) is 19.9 Å². The molecule has 50 nitrogen and oxygen atoms in total. The lowest BCUT2D eigenvalue weighted by Crippen LogP contribution is -2.33. The predicted octanol–water partition coefficient (Wildman–Crippen LogP) is -3.11. The first-order valence-electron chi connectivity index (χ1n) is 30.5. The molecule has 4 unspecified atom stereocenters. The second-order valence-corrected chi connectivity index (χ2v) is 30.7. The van der Waals surface area contributed by atoms with Crippen molar-refractivity contribution < 1.29 is 122 Å². The zero-order chi connectivity index (χ0) is 74.9. The second-order valence-electron chi connectivity index (χ2n) is 23.9. The molecular formula is C49H64N17O33P5. The summed E-state index contributed by atoms with van der Waals surface area (Å²) >= 11 is 0. The van der Waals surface area contributed by atoms with E-state index in [1.165, 1.54) is 30.7 Å². The van der Waals surface area contributed by atoms with Gasteiger partial charge in [-0.2, -0.15) is 15.0 Å². The van der Waals surface area contributed by atoms with Crippen LogP contribution in [0.2, 0.25) is 0 Å². The maximum Gasteiger partial charge on any atom is 0.472 e. The van der Waals surface area contributed by atoms with Gasteiger partial charge in [-0.25, -0.2) is 47.2 Å². The molecule has 5 aliphatic rings. The Hall–Kier alpha value is -7.35. The SMILES string of the molecule is Cc1cn([C@H]2C[C@H](OP(=O)(O)OC[C@H]3O[C@@H](n4cc(C)c(=O)[nH]c4=O)C[C@@H]3O)[C@@H](COP(=O)(O)O[C@H]3C[C@H](n4cnc5c(=O)[nH]c(N)nc54)O[C@@H]3COP(=O)(O)O[C@H]3C[C@H](n4ccc(N)nc4=O)O[C@@H]3COP(=O)(O)O[C@H]3C[C@H](n4cnc5c(=O)[nH]c(N)nc54)O[C@@H]3COP(=O)(O)O)O2)c(=O)[nH]c1=O. The first-order valence-corrected chi connectivity index (χ1v) is 38.1. The highest BCUT2D eigenvalue weighted by Gasteiger charge is 2.50. The number of H-pyrrole nitrogens is 4. The number of ether oxygens (including phenoxy) is 5. The quantitative estimate of drug-likeness (QED) is 0.0216. The largest absolute Gasteiger partial charge is 0.472 e. The summed E-state index contributed by atoms with van der Waals surface area (Å²) in [5, 5.41) is 10.8. The molecule has 17 N–H and O–H groups in total. The number of phosphoric ester groups is 5. The van der Waals surface area contributed by atoms with Crippen molar-refractivity contribution in [3.8, 4) is 0 Å². The summed E-state index contributed by atoms with van der Waals surface area (Å²) in [6.07, 6.45) is -20.1. The summed E-state index contributed by atoms with van der Waals surface area (Å²) in [5.41, 5.74) is 10.6. The van der Waals surface area contributed by atoms with E-state index in [-0.39, 0.29) is 51.6 Å². The molecular weight excluding hydrogens is 1510 g/mol. The van der Waals surface area contributed by atoms with Crippen molar-refractivity contribution in [1.29, 1.82) is 0 Å². The van der Waals surface area contributed by atoms with Gasteiger partial charge in [0.1, 0.15) is 91.9 Å². The summed E-state index contributed by atoms with van der Waals surface area (Å²) in [7, 11) is -27.2. The highest BCUT2D eigenvalue weighted by molar-refractivity contribution is 7.48. The first-order chi connectivity index (χ1) is 48.8. The Morgan fingerprint density at radius 3 is 1.17 bits per heavy atom. The van der Waals surface area contributed by atoms with Crippen LogP contribution in [0, 0.1) is 13.8 Å². The fraction of sp³-hybridized carbons (Fsp3) is 0.551. The first kappa shape index (κ1) is 76.3. The minimum absolute atomic E-state index is 0.00524. The molecule has 0 spiro atoms. The molecule has 568 valence electrons. The van der Waals surface area contributed by atoms with Crippen molar-refractivity contribution in [2.45, 2.75) is 138 Å². The molecule has 0 saturated carbocycles. The minimum atomic E-state index is -5.60. The van der Waals surface area contributed by atoms with E-state index < -0.39 is 235 Å². The number of hydrogen-bond acceptors (Lipinski definition) is 35. The molecule has 5 fully saturated rings. The smallest absolute Gasteiger partial charge is 0.390 e. The number of imidazole rings is 2. The summed E-state index contributed by atoms with van der Waals surface area (Å²) in [6, 6.07) is 1.18. The molecule has 0 amide bonds. The molecule has 0 aliphatic carbocycles. The topological polar surface area (TPSA) is 706 Å².